The van der Waals surface area contributed by atoms with Gasteiger partial charge in [-0.2, -0.15) is 0 Å². The molecular weight excluding hydrogens is 204 g/mol. The first-order valence-corrected chi connectivity index (χ1v) is 6.54. The highest BCUT2D eigenvalue weighted by atomic mass is 16.5. The van der Waals surface area contributed by atoms with E-state index < -0.39 is 0 Å². The van der Waals surface area contributed by atoms with Crippen LogP contribution in [0.2, 0.25) is 0 Å². The minimum Gasteiger partial charge on any atom is -0.378 e. The van der Waals surface area contributed by atoms with Crippen molar-refractivity contribution in [3.05, 3.63) is 0 Å². The van der Waals surface area contributed by atoms with Crippen LogP contribution in [0.1, 0.15) is 25.7 Å². The van der Waals surface area contributed by atoms with Crippen molar-refractivity contribution in [2.45, 2.75) is 37.9 Å². The van der Waals surface area contributed by atoms with Crippen molar-refractivity contribution in [2.24, 2.45) is 5.73 Å². The standard InChI is InChI=1S/C12H24N2O2/c13-9-12-10-14(6-8-16-12)5-1-3-11-4-2-7-15-11/h11-12H,1-10,13H2. The monoisotopic (exact) mass is 228 g/mol. The Balaban J connectivity index is 1.58. The van der Waals surface area contributed by atoms with Crippen LogP contribution in [0.15, 0.2) is 0 Å². The number of nitrogens with zero attached hydrogens (tertiary/aromatic N) is 1. The summed E-state index contributed by atoms with van der Waals surface area (Å²) in [5, 5.41) is 0. The van der Waals surface area contributed by atoms with Crippen LogP contribution in [0, 0.1) is 0 Å². The van der Waals surface area contributed by atoms with Gasteiger partial charge < -0.3 is 15.2 Å². The van der Waals surface area contributed by atoms with Gasteiger partial charge in [0.25, 0.3) is 0 Å². The summed E-state index contributed by atoms with van der Waals surface area (Å²) in [5.74, 6) is 0. The van der Waals surface area contributed by atoms with Crippen molar-refractivity contribution in [3.8, 4) is 0 Å². The van der Waals surface area contributed by atoms with Crippen molar-refractivity contribution in [2.75, 3.05) is 39.4 Å². The highest BCUT2D eigenvalue weighted by molar-refractivity contribution is 4.73. The molecule has 2 N–H and O–H groups in total. The van der Waals surface area contributed by atoms with Gasteiger partial charge in [0.1, 0.15) is 0 Å². The zero-order valence-corrected chi connectivity index (χ0v) is 10.1. The van der Waals surface area contributed by atoms with E-state index in [2.05, 4.69) is 4.90 Å². The number of nitrogens with two attached hydrogens (primary N) is 1. The van der Waals surface area contributed by atoms with Gasteiger partial charge in [0, 0.05) is 26.2 Å². The highest BCUT2D eigenvalue weighted by Crippen LogP contribution is 2.17. The van der Waals surface area contributed by atoms with E-state index in [0.29, 0.717) is 12.6 Å². The molecule has 2 atom stereocenters. The van der Waals surface area contributed by atoms with Gasteiger partial charge in [-0.05, 0) is 32.2 Å². The van der Waals surface area contributed by atoms with Crippen LogP contribution >= 0.6 is 0 Å². The van der Waals surface area contributed by atoms with Crippen molar-refractivity contribution in [1.82, 2.24) is 4.90 Å². The second kappa shape index (κ2) is 6.55. The van der Waals surface area contributed by atoms with E-state index >= 15 is 0 Å². The van der Waals surface area contributed by atoms with Crippen molar-refractivity contribution < 1.29 is 9.47 Å². The predicted octanol–water partition coefficient (Wildman–Crippen LogP) is 0.605. The van der Waals surface area contributed by atoms with Gasteiger partial charge >= 0.3 is 0 Å². The van der Waals surface area contributed by atoms with Crippen molar-refractivity contribution in [1.29, 1.82) is 0 Å². The Labute approximate surface area is 98.1 Å². The third-order valence-electron chi connectivity index (χ3n) is 3.51. The summed E-state index contributed by atoms with van der Waals surface area (Å²) in [7, 11) is 0. The third kappa shape index (κ3) is 3.70. The Kier molecular flexibility index (Phi) is 5.03. The Morgan fingerprint density at radius 3 is 2.81 bits per heavy atom. The van der Waals surface area contributed by atoms with Crippen LogP contribution in [0.5, 0.6) is 0 Å². The molecule has 0 aromatic rings. The summed E-state index contributed by atoms with van der Waals surface area (Å²) in [6.45, 7) is 5.67. The van der Waals surface area contributed by atoms with E-state index in [1.165, 1.54) is 32.2 Å². The zero-order chi connectivity index (χ0) is 11.2. The molecule has 2 aliphatic rings. The fraction of sp³-hybridized carbons (Fsp3) is 1.00. The summed E-state index contributed by atoms with van der Waals surface area (Å²) in [6, 6.07) is 0. The largest absolute Gasteiger partial charge is 0.378 e. The molecule has 0 spiro atoms. The summed E-state index contributed by atoms with van der Waals surface area (Å²) < 4.78 is 11.2. The molecular formula is C12H24N2O2. The second-order valence-corrected chi connectivity index (χ2v) is 4.81. The molecule has 0 aromatic carbocycles. The molecule has 0 bridgehead atoms. The molecule has 0 aromatic heterocycles. The zero-order valence-electron chi connectivity index (χ0n) is 10.1. The lowest BCUT2D eigenvalue weighted by atomic mass is 10.1. The van der Waals surface area contributed by atoms with Gasteiger partial charge in [-0.25, -0.2) is 0 Å². The van der Waals surface area contributed by atoms with Gasteiger partial charge in [0.05, 0.1) is 18.8 Å². The van der Waals surface area contributed by atoms with E-state index in [9.17, 15) is 0 Å². The Morgan fingerprint density at radius 1 is 1.19 bits per heavy atom. The first-order valence-electron chi connectivity index (χ1n) is 6.54. The molecule has 2 aliphatic heterocycles. The fourth-order valence-corrected chi connectivity index (χ4v) is 2.54. The molecule has 4 heteroatoms. The van der Waals surface area contributed by atoms with E-state index in [1.54, 1.807) is 0 Å². The lowest BCUT2D eigenvalue weighted by molar-refractivity contribution is -0.0245. The molecule has 2 rings (SSSR count). The first kappa shape index (κ1) is 12.3. The van der Waals surface area contributed by atoms with E-state index in [0.717, 1.165) is 26.3 Å². The smallest absolute Gasteiger partial charge is 0.0824 e. The normalized spacial score (nSPS) is 32.1. The molecule has 2 saturated heterocycles. The summed E-state index contributed by atoms with van der Waals surface area (Å²) in [5.41, 5.74) is 5.62. The van der Waals surface area contributed by atoms with Gasteiger partial charge in [0.15, 0.2) is 0 Å². The Morgan fingerprint density at radius 2 is 2.06 bits per heavy atom. The van der Waals surface area contributed by atoms with Crippen LogP contribution < -0.4 is 5.73 Å². The highest BCUT2D eigenvalue weighted by Gasteiger charge is 2.20. The quantitative estimate of drug-likeness (QED) is 0.749. The average molecular weight is 228 g/mol. The predicted molar refractivity (Wildman–Crippen MR) is 63.4 cm³/mol. The molecule has 0 saturated carbocycles. The molecule has 0 aliphatic carbocycles. The first-order chi connectivity index (χ1) is 7.88. The van der Waals surface area contributed by atoms with Crippen molar-refractivity contribution >= 4 is 0 Å². The fourth-order valence-electron chi connectivity index (χ4n) is 2.54. The van der Waals surface area contributed by atoms with Gasteiger partial charge in [-0.1, -0.05) is 0 Å². The van der Waals surface area contributed by atoms with Crippen LogP contribution in [-0.2, 0) is 9.47 Å². The summed E-state index contributed by atoms with van der Waals surface area (Å²) in [4.78, 5) is 2.47. The van der Waals surface area contributed by atoms with Gasteiger partial charge in [-0.15, -0.1) is 0 Å². The van der Waals surface area contributed by atoms with Crippen LogP contribution in [0.3, 0.4) is 0 Å². The van der Waals surface area contributed by atoms with E-state index in [4.69, 9.17) is 15.2 Å². The molecule has 0 amide bonds. The molecule has 2 heterocycles. The molecule has 2 fully saturated rings. The molecule has 0 radical (unpaired) electrons. The van der Waals surface area contributed by atoms with E-state index in [1.807, 2.05) is 0 Å². The molecule has 16 heavy (non-hydrogen) atoms. The molecule has 2 unspecified atom stereocenters. The van der Waals surface area contributed by atoms with Crippen molar-refractivity contribution in [3.63, 3.8) is 0 Å². The topological polar surface area (TPSA) is 47.7 Å². The molecule has 4 nitrogen and oxygen atoms in total. The maximum Gasteiger partial charge on any atom is 0.0824 e. The number of hydrogen-bond donors (Lipinski definition) is 1. The SMILES string of the molecule is NCC1CN(CCCC2CCCO2)CCO1. The lowest BCUT2D eigenvalue weighted by Gasteiger charge is -2.32. The maximum atomic E-state index is 5.62. The Bertz CT molecular complexity index is 195. The maximum absolute atomic E-state index is 5.62. The van der Waals surface area contributed by atoms with E-state index in [-0.39, 0.29) is 6.10 Å². The van der Waals surface area contributed by atoms with Crippen LogP contribution in [-0.4, -0.2) is 56.5 Å². The lowest BCUT2D eigenvalue weighted by Crippen LogP contribution is -2.45. The number of morpholine rings is 1. The minimum atomic E-state index is 0.247. The van der Waals surface area contributed by atoms with Crippen LogP contribution in [0.25, 0.3) is 0 Å². The Hall–Kier alpha value is -0.160. The number of rotatable bonds is 5. The minimum absolute atomic E-state index is 0.247. The third-order valence-corrected chi connectivity index (χ3v) is 3.51. The number of hydrogen-bond acceptors (Lipinski definition) is 4. The van der Waals surface area contributed by atoms with Gasteiger partial charge in [-0.3, -0.25) is 4.90 Å². The van der Waals surface area contributed by atoms with Crippen LogP contribution in [0.4, 0.5) is 0 Å². The average Bonchev–Trinajstić information content (AvgIpc) is 2.82. The summed E-state index contributed by atoms with van der Waals surface area (Å²) in [6.07, 6.45) is 5.74. The number of ether oxygens (including phenoxy) is 2. The molecule has 94 valence electrons. The second-order valence-electron chi connectivity index (χ2n) is 4.81. The van der Waals surface area contributed by atoms with Gasteiger partial charge in [0.2, 0.25) is 0 Å². The summed E-state index contributed by atoms with van der Waals surface area (Å²) >= 11 is 0.